The molecule has 0 saturated carbocycles. The second kappa shape index (κ2) is 11.3. The number of anilines is 1. The van der Waals surface area contributed by atoms with Gasteiger partial charge in [0.2, 0.25) is 7.26 Å². The molecule has 1 aromatic carbocycles. The summed E-state index contributed by atoms with van der Waals surface area (Å²) in [5, 5.41) is 3.05. The van der Waals surface area contributed by atoms with Crippen LogP contribution in [0.1, 0.15) is 82.9 Å². The normalized spacial score (nSPS) is 12.8. The van der Waals surface area contributed by atoms with E-state index in [1.165, 1.54) is 11.8 Å². The van der Waals surface area contributed by atoms with Gasteiger partial charge in [-0.2, -0.15) is 8.78 Å². The maximum Gasteiger partial charge on any atom is 0.434 e. The number of ether oxygens (including phenoxy) is 1. The first-order valence-electron chi connectivity index (χ1n) is 9.87. The molecule has 1 N–H and O–H groups in total. The SMILES string of the molecule is CCSC(=O)CNc1c(C(C)C)cc(C(C)C)c(C(C)C)c1OC(F)(F)C(Br)(Br)Br. The first-order valence-corrected chi connectivity index (χ1v) is 13.2. The van der Waals surface area contributed by atoms with Crippen molar-refractivity contribution in [2.24, 2.45) is 0 Å². The van der Waals surface area contributed by atoms with Crippen molar-refractivity contribution in [3.8, 4) is 5.75 Å². The predicted octanol–water partition coefficient (Wildman–Crippen LogP) is 8.56. The summed E-state index contributed by atoms with van der Waals surface area (Å²) in [7, 11) is 0. The monoisotopic (exact) mass is 635 g/mol. The van der Waals surface area contributed by atoms with Crippen LogP contribution >= 0.6 is 59.6 Å². The van der Waals surface area contributed by atoms with Crippen LogP contribution in [0, 0.1) is 0 Å². The van der Waals surface area contributed by atoms with Gasteiger partial charge in [-0.3, -0.25) is 4.79 Å². The summed E-state index contributed by atoms with van der Waals surface area (Å²) in [4.78, 5) is 12.1. The number of nitrogens with one attached hydrogen (secondary N) is 1. The summed E-state index contributed by atoms with van der Waals surface area (Å²) < 4.78 is 33.4. The van der Waals surface area contributed by atoms with E-state index in [1.807, 2.05) is 48.5 Å². The third-order valence-electron chi connectivity index (χ3n) is 4.48. The standard InChI is InChI=1S/C21H30Br3F2NO2S/c1-8-30-16(28)10-27-18-15(12(4)5)9-14(11(2)3)17(13(6)7)19(18)29-21(25,26)20(22,23)24/h9,11-13,27H,8,10H2,1-7H3. The van der Waals surface area contributed by atoms with E-state index in [-0.39, 0.29) is 35.2 Å². The minimum atomic E-state index is -3.63. The number of rotatable bonds is 9. The van der Waals surface area contributed by atoms with E-state index in [0.29, 0.717) is 17.0 Å². The van der Waals surface area contributed by atoms with Gasteiger partial charge in [-0.25, -0.2) is 0 Å². The third kappa shape index (κ3) is 7.07. The van der Waals surface area contributed by atoms with Gasteiger partial charge in [0.05, 0.1) is 12.2 Å². The van der Waals surface area contributed by atoms with Crippen LogP contribution < -0.4 is 10.1 Å². The van der Waals surface area contributed by atoms with Crippen molar-refractivity contribution in [3.63, 3.8) is 0 Å². The molecule has 3 nitrogen and oxygen atoms in total. The summed E-state index contributed by atoms with van der Waals surface area (Å²) >= 11 is 9.90. The van der Waals surface area contributed by atoms with E-state index < -0.39 is 8.25 Å². The van der Waals surface area contributed by atoms with Crippen LogP contribution in [0.5, 0.6) is 5.75 Å². The number of halogens is 5. The molecular formula is C21H30Br3F2NO2S. The van der Waals surface area contributed by atoms with Crippen molar-refractivity contribution in [1.29, 1.82) is 0 Å². The highest BCUT2D eigenvalue weighted by molar-refractivity contribution is 9.39. The lowest BCUT2D eigenvalue weighted by Gasteiger charge is -2.32. The molecule has 0 amide bonds. The quantitative estimate of drug-likeness (QED) is 0.275. The molecular weight excluding hydrogens is 608 g/mol. The van der Waals surface area contributed by atoms with E-state index in [9.17, 15) is 13.6 Å². The number of carbonyl (C=O) groups is 1. The van der Waals surface area contributed by atoms with Gasteiger partial charge in [0.15, 0.2) is 5.75 Å². The van der Waals surface area contributed by atoms with Crippen LogP contribution in [0.3, 0.4) is 0 Å². The maximum absolute atomic E-state index is 15.0. The molecule has 9 heteroatoms. The first kappa shape index (κ1) is 28.2. The first-order chi connectivity index (χ1) is 13.6. The van der Waals surface area contributed by atoms with Crippen molar-refractivity contribution in [1.82, 2.24) is 0 Å². The second-order valence-corrected chi connectivity index (χ2v) is 16.0. The topological polar surface area (TPSA) is 38.3 Å². The number of hydrogen-bond donors (Lipinski definition) is 1. The Labute approximate surface area is 208 Å². The molecule has 0 radical (unpaired) electrons. The fourth-order valence-electron chi connectivity index (χ4n) is 3.09. The average molecular weight is 638 g/mol. The Bertz CT molecular complexity index is 751. The second-order valence-electron chi connectivity index (χ2n) is 7.91. The third-order valence-corrected chi connectivity index (χ3v) is 6.62. The molecule has 0 aliphatic heterocycles. The highest BCUT2D eigenvalue weighted by atomic mass is 80.0. The number of carbonyl (C=O) groups excluding carboxylic acids is 1. The van der Waals surface area contributed by atoms with E-state index in [0.717, 1.165) is 11.1 Å². The summed E-state index contributed by atoms with van der Waals surface area (Å²) in [6, 6.07) is 2.05. The lowest BCUT2D eigenvalue weighted by Crippen LogP contribution is -2.39. The molecule has 0 spiro atoms. The summed E-state index contributed by atoms with van der Waals surface area (Å²) in [5.41, 5.74) is 2.96. The van der Waals surface area contributed by atoms with Crippen LogP contribution in [0.15, 0.2) is 6.07 Å². The maximum atomic E-state index is 15.0. The molecule has 0 atom stereocenters. The highest BCUT2D eigenvalue weighted by Crippen LogP contribution is 2.52. The zero-order valence-corrected chi connectivity index (χ0v) is 23.9. The van der Waals surface area contributed by atoms with Gasteiger partial charge in [0.25, 0.3) is 0 Å². The average Bonchev–Trinajstić information content (AvgIpc) is 2.57. The number of thioether (sulfide) groups is 1. The minimum absolute atomic E-state index is 0.0286. The molecule has 0 aliphatic carbocycles. The Hall–Kier alpha value is 0.140. The van der Waals surface area contributed by atoms with Gasteiger partial charge >= 0.3 is 6.11 Å². The van der Waals surface area contributed by atoms with Crippen molar-refractivity contribution < 1.29 is 18.3 Å². The molecule has 0 unspecified atom stereocenters. The van der Waals surface area contributed by atoms with Gasteiger partial charge in [-0.15, -0.1) is 0 Å². The van der Waals surface area contributed by atoms with Crippen molar-refractivity contribution in [2.75, 3.05) is 17.6 Å². The molecule has 172 valence electrons. The molecule has 30 heavy (non-hydrogen) atoms. The van der Waals surface area contributed by atoms with Crippen LogP contribution in [-0.2, 0) is 4.79 Å². The number of hydrogen-bond acceptors (Lipinski definition) is 4. The Morgan fingerprint density at radius 1 is 1.07 bits per heavy atom. The zero-order chi connectivity index (χ0) is 23.4. The van der Waals surface area contributed by atoms with Crippen molar-refractivity contribution >= 4 is 70.4 Å². The molecule has 0 aliphatic rings. The van der Waals surface area contributed by atoms with Crippen molar-refractivity contribution in [3.05, 3.63) is 22.8 Å². The zero-order valence-electron chi connectivity index (χ0n) is 18.3. The summed E-state index contributed by atoms with van der Waals surface area (Å²) in [6.45, 7) is 13.9. The molecule has 0 fully saturated rings. The van der Waals surface area contributed by atoms with Crippen LogP contribution in [0.25, 0.3) is 0 Å². The Morgan fingerprint density at radius 3 is 2.00 bits per heavy atom. The predicted molar refractivity (Wildman–Crippen MR) is 135 cm³/mol. The Morgan fingerprint density at radius 2 is 1.60 bits per heavy atom. The van der Waals surface area contributed by atoms with Gasteiger partial charge in [0.1, 0.15) is 0 Å². The number of benzene rings is 1. The molecule has 0 saturated heterocycles. The van der Waals surface area contributed by atoms with Crippen molar-refractivity contribution in [2.45, 2.75) is 74.5 Å². The molecule has 0 heterocycles. The van der Waals surface area contributed by atoms with Gasteiger partial charge in [-0.05, 0) is 82.4 Å². The highest BCUT2D eigenvalue weighted by Gasteiger charge is 2.53. The lowest BCUT2D eigenvalue weighted by molar-refractivity contribution is -0.163. The van der Waals surface area contributed by atoms with E-state index in [4.69, 9.17) is 4.74 Å². The van der Waals surface area contributed by atoms with Gasteiger partial charge in [0, 0.05) is 5.56 Å². The fourth-order valence-corrected chi connectivity index (χ4v) is 3.83. The number of alkyl halides is 5. The summed E-state index contributed by atoms with van der Waals surface area (Å²) in [6.07, 6.45) is -3.63. The van der Waals surface area contributed by atoms with E-state index in [2.05, 4.69) is 59.2 Å². The summed E-state index contributed by atoms with van der Waals surface area (Å²) in [5.74, 6) is 0.830. The lowest BCUT2D eigenvalue weighted by atomic mass is 9.85. The fraction of sp³-hybridized carbons (Fsp3) is 0.667. The van der Waals surface area contributed by atoms with Crippen LogP contribution in [0.2, 0.25) is 0 Å². The van der Waals surface area contributed by atoms with Crippen LogP contribution in [-0.4, -0.2) is 25.7 Å². The Kier molecular flexibility index (Phi) is 10.6. The van der Waals surface area contributed by atoms with E-state index >= 15 is 0 Å². The minimum Gasteiger partial charge on any atom is -0.428 e. The Balaban J connectivity index is 3.79. The molecule has 1 rings (SSSR count). The smallest absolute Gasteiger partial charge is 0.428 e. The van der Waals surface area contributed by atoms with E-state index in [1.54, 1.807) is 0 Å². The van der Waals surface area contributed by atoms with Gasteiger partial charge in [-0.1, -0.05) is 66.3 Å². The molecule has 0 aromatic heterocycles. The van der Waals surface area contributed by atoms with Gasteiger partial charge < -0.3 is 10.1 Å². The largest absolute Gasteiger partial charge is 0.434 e. The molecule has 1 aromatic rings. The molecule has 0 bridgehead atoms. The van der Waals surface area contributed by atoms with Crippen LogP contribution in [0.4, 0.5) is 14.5 Å².